The zero-order valence-electron chi connectivity index (χ0n) is 12.0. The van der Waals surface area contributed by atoms with Crippen molar-refractivity contribution in [2.24, 2.45) is 5.92 Å². The molecule has 2 rings (SSSR count). The summed E-state index contributed by atoms with van der Waals surface area (Å²) in [4.78, 5) is 14.3. The molecule has 0 bridgehead atoms. The second kappa shape index (κ2) is 6.09. The SMILES string of the molecule is Cc1cccc(N)c1C(=O)N(C)CC1CCCCC1. The first-order valence-electron chi connectivity index (χ1n) is 7.20. The molecule has 1 saturated carbocycles. The summed E-state index contributed by atoms with van der Waals surface area (Å²) in [6, 6.07) is 5.63. The molecule has 3 nitrogen and oxygen atoms in total. The van der Waals surface area contributed by atoms with Crippen LogP contribution in [0.5, 0.6) is 0 Å². The van der Waals surface area contributed by atoms with Gasteiger partial charge in [-0.25, -0.2) is 0 Å². The second-order valence-corrected chi connectivity index (χ2v) is 5.73. The van der Waals surface area contributed by atoms with E-state index in [0.717, 1.165) is 12.1 Å². The molecule has 1 aliphatic rings. The lowest BCUT2D eigenvalue weighted by Gasteiger charge is -2.27. The Hall–Kier alpha value is -1.51. The van der Waals surface area contributed by atoms with Gasteiger partial charge in [-0.1, -0.05) is 31.4 Å². The van der Waals surface area contributed by atoms with Gasteiger partial charge in [0.05, 0.1) is 5.56 Å². The van der Waals surface area contributed by atoms with Crippen LogP contribution in [0, 0.1) is 12.8 Å². The number of amides is 1. The molecule has 0 heterocycles. The average Bonchev–Trinajstić information content (AvgIpc) is 2.39. The molecular weight excluding hydrogens is 236 g/mol. The molecule has 1 aliphatic carbocycles. The standard InChI is InChI=1S/C16H24N2O/c1-12-7-6-10-14(17)15(12)16(19)18(2)11-13-8-4-3-5-9-13/h6-7,10,13H,3-5,8-9,11,17H2,1-2H3. The molecule has 19 heavy (non-hydrogen) atoms. The summed E-state index contributed by atoms with van der Waals surface area (Å²) < 4.78 is 0. The van der Waals surface area contributed by atoms with E-state index in [1.807, 2.05) is 31.0 Å². The van der Waals surface area contributed by atoms with Crippen molar-refractivity contribution in [3.8, 4) is 0 Å². The molecular formula is C16H24N2O. The van der Waals surface area contributed by atoms with Crippen LogP contribution < -0.4 is 5.73 Å². The monoisotopic (exact) mass is 260 g/mol. The van der Waals surface area contributed by atoms with E-state index in [1.54, 1.807) is 6.07 Å². The van der Waals surface area contributed by atoms with Crippen LogP contribution in [0.4, 0.5) is 5.69 Å². The molecule has 0 unspecified atom stereocenters. The number of carbonyl (C=O) groups excluding carboxylic acids is 1. The molecule has 0 aliphatic heterocycles. The highest BCUT2D eigenvalue weighted by Crippen LogP contribution is 2.25. The maximum Gasteiger partial charge on any atom is 0.255 e. The quantitative estimate of drug-likeness (QED) is 0.848. The lowest BCUT2D eigenvalue weighted by molar-refractivity contribution is 0.0761. The highest BCUT2D eigenvalue weighted by molar-refractivity contribution is 6.00. The maximum absolute atomic E-state index is 12.5. The average molecular weight is 260 g/mol. The van der Waals surface area contributed by atoms with Gasteiger partial charge in [-0.05, 0) is 37.3 Å². The lowest BCUT2D eigenvalue weighted by atomic mass is 9.89. The molecule has 104 valence electrons. The number of rotatable bonds is 3. The molecule has 0 spiro atoms. The van der Waals surface area contributed by atoms with Crippen molar-refractivity contribution < 1.29 is 4.79 Å². The van der Waals surface area contributed by atoms with Crippen molar-refractivity contribution in [1.82, 2.24) is 4.90 Å². The third-order valence-electron chi connectivity index (χ3n) is 4.12. The summed E-state index contributed by atoms with van der Waals surface area (Å²) >= 11 is 0. The normalized spacial score (nSPS) is 16.3. The number of hydrogen-bond donors (Lipinski definition) is 1. The van der Waals surface area contributed by atoms with E-state index >= 15 is 0 Å². The van der Waals surface area contributed by atoms with Crippen molar-refractivity contribution in [2.75, 3.05) is 19.3 Å². The first-order valence-corrected chi connectivity index (χ1v) is 7.20. The molecule has 0 aromatic heterocycles. The number of hydrogen-bond acceptors (Lipinski definition) is 2. The summed E-state index contributed by atoms with van der Waals surface area (Å²) in [7, 11) is 1.89. The van der Waals surface area contributed by atoms with Gasteiger partial charge in [0.25, 0.3) is 5.91 Å². The zero-order valence-corrected chi connectivity index (χ0v) is 12.0. The Balaban J connectivity index is 2.06. The van der Waals surface area contributed by atoms with Crippen molar-refractivity contribution in [3.63, 3.8) is 0 Å². The fourth-order valence-electron chi connectivity index (χ4n) is 3.01. The predicted molar refractivity (Wildman–Crippen MR) is 79.1 cm³/mol. The summed E-state index contributed by atoms with van der Waals surface area (Å²) in [5, 5.41) is 0. The number of nitrogens with two attached hydrogens (primary N) is 1. The number of anilines is 1. The van der Waals surface area contributed by atoms with Gasteiger partial charge in [0, 0.05) is 19.3 Å². The maximum atomic E-state index is 12.5. The first-order chi connectivity index (χ1) is 9.09. The van der Waals surface area contributed by atoms with Crippen LogP contribution in [-0.4, -0.2) is 24.4 Å². The fraction of sp³-hybridized carbons (Fsp3) is 0.562. The van der Waals surface area contributed by atoms with Crippen LogP contribution >= 0.6 is 0 Å². The van der Waals surface area contributed by atoms with E-state index in [4.69, 9.17) is 5.73 Å². The topological polar surface area (TPSA) is 46.3 Å². The van der Waals surface area contributed by atoms with Crippen LogP contribution in [0.3, 0.4) is 0 Å². The third kappa shape index (κ3) is 3.28. The molecule has 1 aromatic rings. The Morgan fingerprint density at radius 1 is 1.32 bits per heavy atom. The Morgan fingerprint density at radius 3 is 2.63 bits per heavy atom. The number of carbonyl (C=O) groups is 1. The minimum atomic E-state index is 0.0566. The van der Waals surface area contributed by atoms with Crippen LogP contribution in [0.15, 0.2) is 18.2 Å². The second-order valence-electron chi connectivity index (χ2n) is 5.73. The Morgan fingerprint density at radius 2 is 2.00 bits per heavy atom. The van der Waals surface area contributed by atoms with Gasteiger partial charge in [0.2, 0.25) is 0 Å². The lowest BCUT2D eigenvalue weighted by Crippen LogP contribution is -2.33. The molecule has 0 atom stereocenters. The van der Waals surface area contributed by atoms with Gasteiger partial charge in [0.15, 0.2) is 0 Å². The Kier molecular flexibility index (Phi) is 4.46. The Labute approximate surface area is 115 Å². The first kappa shape index (κ1) is 13.9. The van der Waals surface area contributed by atoms with Crippen molar-refractivity contribution in [2.45, 2.75) is 39.0 Å². The van der Waals surface area contributed by atoms with Gasteiger partial charge in [-0.15, -0.1) is 0 Å². The third-order valence-corrected chi connectivity index (χ3v) is 4.12. The summed E-state index contributed by atoms with van der Waals surface area (Å²) in [6.45, 7) is 2.80. The van der Waals surface area contributed by atoms with Gasteiger partial charge < -0.3 is 10.6 Å². The highest BCUT2D eigenvalue weighted by atomic mass is 16.2. The van der Waals surface area contributed by atoms with E-state index < -0.39 is 0 Å². The molecule has 1 aromatic carbocycles. The van der Waals surface area contributed by atoms with Gasteiger partial charge in [-0.2, -0.15) is 0 Å². The van der Waals surface area contributed by atoms with E-state index in [2.05, 4.69) is 0 Å². The zero-order chi connectivity index (χ0) is 13.8. The molecule has 0 saturated heterocycles. The van der Waals surface area contributed by atoms with Crippen LogP contribution in [0.1, 0.15) is 48.0 Å². The number of nitrogens with zero attached hydrogens (tertiary/aromatic N) is 1. The summed E-state index contributed by atoms with van der Waals surface area (Å²) in [5.41, 5.74) is 8.16. The van der Waals surface area contributed by atoms with Gasteiger partial charge in [0.1, 0.15) is 0 Å². The van der Waals surface area contributed by atoms with Gasteiger partial charge in [-0.3, -0.25) is 4.79 Å². The van der Waals surface area contributed by atoms with Crippen molar-refractivity contribution in [1.29, 1.82) is 0 Å². The smallest absolute Gasteiger partial charge is 0.255 e. The van der Waals surface area contributed by atoms with Crippen molar-refractivity contribution in [3.05, 3.63) is 29.3 Å². The summed E-state index contributed by atoms with van der Waals surface area (Å²) in [6.07, 6.45) is 6.46. The molecule has 2 N–H and O–H groups in total. The number of nitrogen functional groups attached to an aromatic ring is 1. The molecule has 0 radical (unpaired) electrons. The number of benzene rings is 1. The molecule has 1 fully saturated rings. The van der Waals surface area contributed by atoms with Gasteiger partial charge >= 0.3 is 0 Å². The minimum Gasteiger partial charge on any atom is -0.398 e. The minimum absolute atomic E-state index is 0.0566. The molecule has 3 heteroatoms. The predicted octanol–water partition coefficient (Wildman–Crippen LogP) is 3.23. The van der Waals surface area contributed by atoms with Crippen LogP contribution in [0.25, 0.3) is 0 Å². The van der Waals surface area contributed by atoms with E-state index in [0.29, 0.717) is 17.2 Å². The van der Waals surface area contributed by atoms with Crippen LogP contribution in [-0.2, 0) is 0 Å². The van der Waals surface area contributed by atoms with E-state index in [1.165, 1.54) is 32.1 Å². The highest BCUT2D eigenvalue weighted by Gasteiger charge is 2.21. The largest absolute Gasteiger partial charge is 0.398 e. The van der Waals surface area contributed by atoms with Crippen molar-refractivity contribution >= 4 is 11.6 Å². The fourth-order valence-corrected chi connectivity index (χ4v) is 3.01. The van der Waals surface area contributed by atoms with Crippen LogP contribution in [0.2, 0.25) is 0 Å². The number of aryl methyl sites for hydroxylation is 1. The van der Waals surface area contributed by atoms with E-state index in [-0.39, 0.29) is 5.91 Å². The Bertz CT molecular complexity index is 430. The molecule has 1 amide bonds. The summed E-state index contributed by atoms with van der Waals surface area (Å²) in [5.74, 6) is 0.717. The van der Waals surface area contributed by atoms with E-state index in [9.17, 15) is 4.79 Å².